The Morgan fingerprint density at radius 3 is 2.63 bits per heavy atom. The fraction of sp³-hybridized carbons (Fsp3) is 0.714. The molecule has 5 heteroatoms. The van der Waals surface area contributed by atoms with Crippen LogP contribution in [0.5, 0.6) is 0 Å². The molecule has 1 N–H and O–H groups in total. The predicted molar refractivity (Wildman–Crippen MR) is 71.8 cm³/mol. The van der Waals surface area contributed by atoms with E-state index in [-0.39, 0.29) is 30.1 Å². The third-order valence-electron chi connectivity index (χ3n) is 4.27. The maximum absolute atomic E-state index is 12.6. The Bertz CT molecular complexity index is 394. The van der Waals surface area contributed by atoms with Gasteiger partial charge in [-0.3, -0.25) is 4.79 Å². The fourth-order valence-electron chi connectivity index (χ4n) is 3.35. The molecule has 0 aromatic heterocycles. The van der Waals surface area contributed by atoms with Gasteiger partial charge in [0.2, 0.25) is 0 Å². The van der Waals surface area contributed by atoms with Crippen molar-refractivity contribution in [3.05, 3.63) is 12.7 Å². The highest BCUT2D eigenvalue weighted by molar-refractivity contribution is 5.79. The molecule has 3 unspecified atom stereocenters. The van der Waals surface area contributed by atoms with E-state index >= 15 is 0 Å². The van der Waals surface area contributed by atoms with E-state index in [0.717, 1.165) is 12.8 Å². The summed E-state index contributed by atoms with van der Waals surface area (Å²) in [6.45, 7) is 8.12. The fourth-order valence-corrected chi connectivity index (χ4v) is 3.35. The highest BCUT2D eigenvalue weighted by Gasteiger charge is 2.52. The second-order valence-corrected chi connectivity index (χ2v) is 5.70. The van der Waals surface area contributed by atoms with Gasteiger partial charge in [0.05, 0.1) is 5.92 Å². The number of carboxylic acids is 1. The molecule has 2 rings (SSSR count). The van der Waals surface area contributed by atoms with Crippen LogP contribution in [0.1, 0.15) is 33.1 Å². The first-order chi connectivity index (χ1) is 8.97. The molecule has 2 saturated heterocycles. The van der Waals surface area contributed by atoms with E-state index in [9.17, 15) is 14.7 Å². The number of fused-ring (bicyclic) bond motifs is 2. The summed E-state index contributed by atoms with van der Waals surface area (Å²) in [5, 5.41) is 9.22. The zero-order valence-electron chi connectivity index (χ0n) is 11.6. The van der Waals surface area contributed by atoms with Crippen molar-refractivity contribution in [2.75, 3.05) is 6.54 Å². The molecule has 0 aromatic carbocycles. The van der Waals surface area contributed by atoms with Crippen molar-refractivity contribution in [1.29, 1.82) is 0 Å². The van der Waals surface area contributed by atoms with Crippen molar-refractivity contribution in [2.24, 2.45) is 5.92 Å². The lowest BCUT2D eigenvalue weighted by Crippen LogP contribution is -2.49. The lowest BCUT2D eigenvalue weighted by Gasteiger charge is -2.33. The van der Waals surface area contributed by atoms with Crippen LogP contribution in [0.4, 0.5) is 4.79 Å². The van der Waals surface area contributed by atoms with Gasteiger partial charge in [0.1, 0.15) is 0 Å². The first kappa shape index (κ1) is 13.9. The Kier molecular flexibility index (Phi) is 3.83. The summed E-state index contributed by atoms with van der Waals surface area (Å²) in [6, 6.07) is 0.0330. The van der Waals surface area contributed by atoms with Crippen molar-refractivity contribution in [3.8, 4) is 0 Å². The maximum atomic E-state index is 12.6. The van der Waals surface area contributed by atoms with Crippen LogP contribution in [-0.2, 0) is 4.79 Å². The number of nitrogens with zero attached hydrogens (tertiary/aromatic N) is 2. The maximum Gasteiger partial charge on any atom is 0.321 e. The molecule has 19 heavy (non-hydrogen) atoms. The molecule has 106 valence electrons. The van der Waals surface area contributed by atoms with E-state index in [1.54, 1.807) is 11.0 Å². The topological polar surface area (TPSA) is 60.9 Å². The average Bonchev–Trinajstić information content (AvgIpc) is 2.92. The number of amides is 2. The van der Waals surface area contributed by atoms with Crippen LogP contribution in [0.25, 0.3) is 0 Å². The van der Waals surface area contributed by atoms with Gasteiger partial charge < -0.3 is 14.9 Å². The molecule has 0 saturated carbocycles. The van der Waals surface area contributed by atoms with Gasteiger partial charge in [0.25, 0.3) is 0 Å². The van der Waals surface area contributed by atoms with Crippen molar-refractivity contribution < 1.29 is 14.7 Å². The Morgan fingerprint density at radius 2 is 2.16 bits per heavy atom. The highest BCUT2D eigenvalue weighted by atomic mass is 16.4. The number of aliphatic carboxylic acids is 1. The van der Waals surface area contributed by atoms with E-state index < -0.39 is 5.97 Å². The second-order valence-electron chi connectivity index (χ2n) is 5.70. The molecule has 2 amide bonds. The zero-order valence-corrected chi connectivity index (χ0v) is 11.6. The first-order valence-electron chi connectivity index (χ1n) is 6.90. The van der Waals surface area contributed by atoms with Gasteiger partial charge in [-0.2, -0.15) is 0 Å². The summed E-state index contributed by atoms with van der Waals surface area (Å²) >= 11 is 0. The van der Waals surface area contributed by atoms with Crippen LogP contribution in [-0.4, -0.2) is 51.6 Å². The number of urea groups is 1. The minimum absolute atomic E-state index is 0.0360. The van der Waals surface area contributed by atoms with Crippen molar-refractivity contribution in [3.63, 3.8) is 0 Å². The molecule has 2 fully saturated rings. The summed E-state index contributed by atoms with van der Waals surface area (Å²) in [4.78, 5) is 27.4. The van der Waals surface area contributed by atoms with E-state index in [1.165, 1.54) is 0 Å². The van der Waals surface area contributed by atoms with Gasteiger partial charge in [-0.15, -0.1) is 6.58 Å². The molecule has 0 radical (unpaired) electrons. The molecule has 0 spiro atoms. The van der Waals surface area contributed by atoms with Crippen molar-refractivity contribution in [2.45, 2.75) is 51.2 Å². The summed E-state index contributed by atoms with van der Waals surface area (Å²) in [6.07, 6.45) is 4.06. The van der Waals surface area contributed by atoms with Crippen molar-refractivity contribution in [1.82, 2.24) is 9.80 Å². The third-order valence-corrected chi connectivity index (χ3v) is 4.27. The van der Waals surface area contributed by atoms with E-state index in [1.807, 2.05) is 18.7 Å². The van der Waals surface area contributed by atoms with Gasteiger partial charge in [0.15, 0.2) is 0 Å². The van der Waals surface area contributed by atoms with Gasteiger partial charge in [-0.25, -0.2) is 4.79 Å². The number of rotatable bonds is 4. The SMILES string of the molecule is C=CCN(C(=O)N1C2CCC1C(C(=O)O)C2)C(C)C. The standard InChI is InChI=1S/C14H22N2O3/c1-4-7-15(9(2)3)14(19)16-10-5-6-12(16)11(8-10)13(17)18/h4,9-12H,1,5-8H2,2-3H3,(H,17,18). The molecule has 2 aliphatic heterocycles. The Morgan fingerprint density at radius 1 is 1.47 bits per heavy atom. The van der Waals surface area contributed by atoms with E-state index in [2.05, 4.69) is 6.58 Å². The number of hydrogen-bond acceptors (Lipinski definition) is 2. The van der Waals surface area contributed by atoms with Gasteiger partial charge >= 0.3 is 12.0 Å². The van der Waals surface area contributed by atoms with Crippen LogP contribution >= 0.6 is 0 Å². The summed E-state index contributed by atoms with van der Waals surface area (Å²) in [5.74, 6) is -1.16. The van der Waals surface area contributed by atoms with Crippen LogP contribution in [0, 0.1) is 5.92 Å². The van der Waals surface area contributed by atoms with Gasteiger partial charge in [0, 0.05) is 24.7 Å². The lowest BCUT2D eigenvalue weighted by molar-refractivity contribution is -0.142. The molecule has 0 aromatic rings. The van der Waals surface area contributed by atoms with Crippen LogP contribution in [0.2, 0.25) is 0 Å². The molecular formula is C14H22N2O3. The number of hydrogen-bond donors (Lipinski definition) is 1. The predicted octanol–water partition coefficient (Wildman–Crippen LogP) is 1.94. The van der Waals surface area contributed by atoms with Crippen LogP contribution in [0.3, 0.4) is 0 Å². The quantitative estimate of drug-likeness (QED) is 0.791. The molecule has 0 aliphatic carbocycles. The van der Waals surface area contributed by atoms with Crippen LogP contribution < -0.4 is 0 Å². The zero-order chi connectivity index (χ0) is 14.2. The largest absolute Gasteiger partial charge is 0.481 e. The van der Waals surface area contributed by atoms with Crippen molar-refractivity contribution >= 4 is 12.0 Å². The molecule has 2 heterocycles. The van der Waals surface area contributed by atoms with E-state index in [0.29, 0.717) is 13.0 Å². The molecule has 2 bridgehead atoms. The smallest absolute Gasteiger partial charge is 0.321 e. The monoisotopic (exact) mass is 266 g/mol. The molecule has 2 aliphatic rings. The Balaban J connectivity index is 2.15. The van der Waals surface area contributed by atoms with Crippen LogP contribution in [0.15, 0.2) is 12.7 Å². The normalized spacial score (nSPS) is 28.8. The summed E-state index contributed by atoms with van der Waals surface area (Å²) in [7, 11) is 0. The highest BCUT2D eigenvalue weighted by Crippen LogP contribution is 2.42. The minimum Gasteiger partial charge on any atom is -0.481 e. The number of carboxylic acid groups (broad SMARTS) is 1. The Labute approximate surface area is 113 Å². The lowest BCUT2D eigenvalue weighted by atomic mass is 9.89. The number of carbonyl (C=O) groups excluding carboxylic acids is 1. The molecular weight excluding hydrogens is 244 g/mol. The Hall–Kier alpha value is -1.52. The van der Waals surface area contributed by atoms with E-state index in [4.69, 9.17) is 0 Å². The summed E-state index contributed by atoms with van der Waals surface area (Å²) < 4.78 is 0. The third kappa shape index (κ3) is 2.33. The number of carbonyl (C=O) groups is 2. The molecule has 5 nitrogen and oxygen atoms in total. The van der Waals surface area contributed by atoms with Gasteiger partial charge in [-0.05, 0) is 33.1 Å². The minimum atomic E-state index is -0.773. The average molecular weight is 266 g/mol. The first-order valence-corrected chi connectivity index (χ1v) is 6.90. The summed E-state index contributed by atoms with van der Waals surface area (Å²) in [5.41, 5.74) is 0. The van der Waals surface area contributed by atoms with Gasteiger partial charge in [-0.1, -0.05) is 6.08 Å². The molecule has 3 atom stereocenters. The second kappa shape index (κ2) is 5.23.